The van der Waals surface area contributed by atoms with Gasteiger partial charge in [0.2, 0.25) is 0 Å². The van der Waals surface area contributed by atoms with Crippen molar-refractivity contribution in [3.05, 3.63) is 72.1 Å². The van der Waals surface area contributed by atoms with Crippen LogP contribution in [0.5, 0.6) is 5.75 Å². The first-order valence-electron chi connectivity index (χ1n) is 9.57. The minimum Gasteiger partial charge on any atom is -0.497 e. The summed E-state index contributed by atoms with van der Waals surface area (Å²) in [5, 5.41) is 21.8. The van der Waals surface area contributed by atoms with E-state index in [9.17, 15) is 14.4 Å². The Bertz CT molecular complexity index is 1040. The molecule has 0 saturated carbocycles. The number of carboxylic acid groups (broad SMARTS) is 2. The molecule has 0 fully saturated rings. The molecule has 0 aliphatic carbocycles. The monoisotopic (exact) mass is 424 g/mol. The van der Waals surface area contributed by atoms with Crippen molar-refractivity contribution in [3.63, 3.8) is 0 Å². The topological polar surface area (TPSA) is 126 Å². The summed E-state index contributed by atoms with van der Waals surface area (Å²) >= 11 is 0. The molecule has 0 aliphatic rings. The molecule has 0 saturated heterocycles. The summed E-state index contributed by atoms with van der Waals surface area (Å²) in [6, 6.07) is 14.7. The smallest absolute Gasteiger partial charge is 0.307 e. The average molecular weight is 424 g/mol. The summed E-state index contributed by atoms with van der Waals surface area (Å²) in [6.07, 6.45) is 3.60. The maximum absolute atomic E-state index is 11.4. The van der Waals surface area contributed by atoms with Crippen LogP contribution in [-0.4, -0.2) is 46.7 Å². The van der Waals surface area contributed by atoms with Gasteiger partial charge in [0, 0.05) is 25.4 Å². The minimum atomic E-state index is -0.856. The van der Waals surface area contributed by atoms with Crippen molar-refractivity contribution >= 4 is 28.6 Å². The highest BCUT2D eigenvalue weighted by Gasteiger charge is 2.04. The van der Waals surface area contributed by atoms with Crippen LogP contribution in [0.15, 0.2) is 60.9 Å². The Labute approximate surface area is 179 Å². The van der Waals surface area contributed by atoms with Gasteiger partial charge in [-0.25, -0.2) is 0 Å². The predicted molar refractivity (Wildman–Crippen MR) is 115 cm³/mol. The first kappa shape index (κ1) is 23.3. The van der Waals surface area contributed by atoms with Crippen molar-refractivity contribution in [1.82, 2.24) is 10.3 Å². The quantitative estimate of drug-likeness (QED) is 0.474. The Hall–Kier alpha value is -3.94. The number of benzene rings is 2. The molecular weight excluding hydrogens is 400 g/mol. The molecule has 31 heavy (non-hydrogen) atoms. The lowest BCUT2D eigenvalue weighted by Gasteiger charge is -2.04. The standard InChI is InChI=1S/C13H12O3.C10H12N2O3/c1-16-12-5-4-10-6-9(7-13(14)15)2-3-11(10)8-12;13-9(14)4-2-6-12-10(15)8-3-1-5-11-7-8/h2-6,8H,7H2,1H3,(H,14,15);1,3,5,7H,2,4,6H2,(H,12,15)(H,13,14). The molecule has 8 heteroatoms. The fourth-order valence-corrected chi connectivity index (χ4v) is 2.73. The van der Waals surface area contributed by atoms with Crippen LogP contribution in [-0.2, 0) is 16.0 Å². The van der Waals surface area contributed by atoms with Crippen LogP contribution in [0.3, 0.4) is 0 Å². The number of methoxy groups -OCH3 is 1. The van der Waals surface area contributed by atoms with Crippen molar-refractivity contribution in [1.29, 1.82) is 0 Å². The van der Waals surface area contributed by atoms with Crippen molar-refractivity contribution in [3.8, 4) is 5.75 Å². The number of aromatic nitrogens is 1. The van der Waals surface area contributed by atoms with Gasteiger partial charge in [-0.1, -0.05) is 24.3 Å². The lowest BCUT2D eigenvalue weighted by atomic mass is 10.0. The molecule has 1 heterocycles. The van der Waals surface area contributed by atoms with E-state index in [-0.39, 0.29) is 18.7 Å². The van der Waals surface area contributed by atoms with E-state index in [0.717, 1.165) is 22.1 Å². The van der Waals surface area contributed by atoms with E-state index in [1.54, 1.807) is 25.4 Å². The number of carbonyl (C=O) groups is 3. The van der Waals surface area contributed by atoms with Gasteiger partial charge in [-0.2, -0.15) is 0 Å². The lowest BCUT2D eigenvalue weighted by Crippen LogP contribution is -2.24. The van der Waals surface area contributed by atoms with Crippen LogP contribution in [0.1, 0.15) is 28.8 Å². The normalized spacial score (nSPS) is 9.97. The molecule has 1 amide bonds. The summed E-state index contributed by atoms with van der Waals surface area (Å²) in [4.78, 5) is 36.0. The van der Waals surface area contributed by atoms with Crippen molar-refractivity contribution < 1.29 is 29.3 Å². The summed E-state index contributed by atoms with van der Waals surface area (Å²) in [5.74, 6) is -1.09. The molecule has 3 rings (SSSR count). The molecule has 3 aromatic rings. The molecule has 0 spiro atoms. The maximum atomic E-state index is 11.4. The number of nitrogens with one attached hydrogen (secondary N) is 1. The third-order valence-corrected chi connectivity index (χ3v) is 4.24. The van der Waals surface area contributed by atoms with Gasteiger partial charge in [-0.3, -0.25) is 19.4 Å². The van der Waals surface area contributed by atoms with Crippen LogP contribution >= 0.6 is 0 Å². The molecule has 2 aromatic carbocycles. The van der Waals surface area contributed by atoms with Crippen LogP contribution in [0.4, 0.5) is 0 Å². The fourth-order valence-electron chi connectivity index (χ4n) is 2.73. The molecular formula is C23H24N2O6. The number of carboxylic acids is 2. The van der Waals surface area contributed by atoms with Gasteiger partial charge >= 0.3 is 11.9 Å². The first-order valence-corrected chi connectivity index (χ1v) is 9.57. The zero-order valence-corrected chi connectivity index (χ0v) is 17.1. The summed E-state index contributed by atoms with van der Waals surface area (Å²) in [6.45, 7) is 0.361. The van der Waals surface area contributed by atoms with Crippen LogP contribution in [0, 0.1) is 0 Å². The number of pyridine rings is 1. The Morgan fingerprint density at radius 1 is 1.00 bits per heavy atom. The second-order valence-electron chi connectivity index (χ2n) is 6.61. The van der Waals surface area contributed by atoms with Gasteiger partial charge in [0.25, 0.3) is 5.91 Å². The summed E-state index contributed by atoms with van der Waals surface area (Å²) < 4.78 is 5.12. The van der Waals surface area contributed by atoms with E-state index in [0.29, 0.717) is 18.5 Å². The number of aliphatic carboxylic acids is 2. The summed E-state index contributed by atoms with van der Waals surface area (Å²) in [5.41, 5.74) is 1.29. The van der Waals surface area contributed by atoms with E-state index < -0.39 is 11.9 Å². The largest absolute Gasteiger partial charge is 0.497 e. The first-order chi connectivity index (χ1) is 14.9. The third-order valence-electron chi connectivity index (χ3n) is 4.24. The molecule has 3 N–H and O–H groups in total. The Kier molecular flexibility index (Phi) is 8.97. The number of hydrogen-bond acceptors (Lipinski definition) is 5. The Morgan fingerprint density at radius 3 is 2.39 bits per heavy atom. The highest BCUT2D eigenvalue weighted by Crippen LogP contribution is 2.22. The molecule has 1 aromatic heterocycles. The summed E-state index contributed by atoms with van der Waals surface area (Å²) in [7, 11) is 1.62. The van der Waals surface area contributed by atoms with Gasteiger partial charge in [0.05, 0.1) is 19.1 Å². The lowest BCUT2D eigenvalue weighted by molar-refractivity contribution is -0.137. The predicted octanol–water partition coefficient (Wildman–Crippen LogP) is 3.15. The van der Waals surface area contributed by atoms with Crippen LogP contribution < -0.4 is 10.1 Å². The molecule has 0 atom stereocenters. The number of ether oxygens (including phenoxy) is 1. The van der Waals surface area contributed by atoms with Crippen molar-refractivity contribution in [2.75, 3.05) is 13.7 Å². The Morgan fingerprint density at radius 2 is 1.74 bits per heavy atom. The average Bonchev–Trinajstić information content (AvgIpc) is 2.76. The van der Waals surface area contributed by atoms with E-state index >= 15 is 0 Å². The molecule has 0 radical (unpaired) electrons. The fraction of sp³-hybridized carbons (Fsp3) is 0.217. The highest BCUT2D eigenvalue weighted by molar-refractivity contribution is 5.93. The van der Waals surface area contributed by atoms with Gasteiger partial charge in [-0.15, -0.1) is 0 Å². The molecule has 0 unspecified atom stereocenters. The molecule has 0 bridgehead atoms. The van der Waals surface area contributed by atoms with Gasteiger partial charge in [-0.05, 0) is 47.0 Å². The van der Waals surface area contributed by atoms with Gasteiger partial charge < -0.3 is 20.3 Å². The zero-order chi connectivity index (χ0) is 22.6. The number of nitrogens with zero attached hydrogens (tertiary/aromatic N) is 1. The zero-order valence-electron chi connectivity index (χ0n) is 17.1. The number of rotatable bonds is 8. The second-order valence-corrected chi connectivity index (χ2v) is 6.61. The SMILES string of the molecule is COc1ccc2cc(CC(=O)O)ccc2c1.O=C(O)CCCNC(=O)c1cccnc1. The Balaban J connectivity index is 0.000000221. The van der Waals surface area contributed by atoms with E-state index in [1.807, 2.05) is 36.4 Å². The molecule has 0 aliphatic heterocycles. The second kappa shape index (κ2) is 11.9. The van der Waals surface area contributed by atoms with E-state index in [2.05, 4.69) is 10.3 Å². The van der Waals surface area contributed by atoms with Gasteiger partial charge in [0.15, 0.2) is 0 Å². The highest BCUT2D eigenvalue weighted by atomic mass is 16.5. The number of fused-ring (bicyclic) bond motifs is 1. The molecule has 8 nitrogen and oxygen atoms in total. The molecule has 162 valence electrons. The van der Waals surface area contributed by atoms with Gasteiger partial charge in [0.1, 0.15) is 5.75 Å². The number of amides is 1. The number of hydrogen-bond donors (Lipinski definition) is 3. The van der Waals surface area contributed by atoms with Crippen LogP contribution in [0.2, 0.25) is 0 Å². The minimum absolute atomic E-state index is 0.0575. The van der Waals surface area contributed by atoms with Crippen LogP contribution in [0.25, 0.3) is 10.8 Å². The van der Waals surface area contributed by atoms with E-state index in [4.69, 9.17) is 14.9 Å². The van der Waals surface area contributed by atoms with E-state index in [1.165, 1.54) is 6.20 Å². The third kappa shape index (κ3) is 8.14. The number of carbonyl (C=O) groups excluding carboxylic acids is 1. The van der Waals surface area contributed by atoms with Crippen molar-refractivity contribution in [2.24, 2.45) is 0 Å². The maximum Gasteiger partial charge on any atom is 0.307 e. The van der Waals surface area contributed by atoms with Crippen molar-refractivity contribution in [2.45, 2.75) is 19.3 Å².